The molecule has 1 unspecified atom stereocenters. The van der Waals surface area contributed by atoms with Gasteiger partial charge in [-0.15, -0.1) is 12.4 Å². The van der Waals surface area contributed by atoms with Crippen molar-refractivity contribution >= 4 is 12.4 Å². The van der Waals surface area contributed by atoms with Crippen LogP contribution in [-0.4, -0.2) is 19.3 Å². The lowest BCUT2D eigenvalue weighted by Gasteiger charge is -2.40. The third-order valence-corrected chi connectivity index (χ3v) is 2.82. The Morgan fingerprint density at radius 1 is 1.40 bits per heavy atom. The molecule has 1 saturated carbocycles. The third kappa shape index (κ3) is 0.949. The van der Waals surface area contributed by atoms with E-state index in [9.17, 15) is 0 Å². The molecule has 1 spiro atoms. The zero-order chi connectivity index (χ0) is 6.32. The molecule has 0 aromatic heterocycles. The molecule has 1 aliphatic heterocycles. The summed E-state index contributed by atoms with van der Waals surface area (Å²) in [5.41, 5.74) is 6.28. The summed E-state index contributed by atoms with van der Waals surface area (Å²) < 4.78 is 5.29. The lowest BCUT2D eigenvalue weighted by Crippen LogP contribution is -2.45. The van der Waals surface area contributed by atoms with Crippen LogP contribution in [0.5, 0.6) is 0 Å². The van der Waals surface area contributed by atoms with Crippen LogP contribution < -0.4 is 5.73 Å². The molecule has 10 heavy (non-hydrogen) atoms. The molecule has 0 bridgehead atoms. The normalized spacial score (nSPS) is 35.1. The first-order valence-electron chi connectivity index (χ1n) is 3.67. The average Bonchev–Trinajstić information content (AvgIpc) is 2.07. The van der Waals surface area contributed by atoms with Crippen molar-refractivity contribution in [2.45, 2.75) is 25.3 Å². The van der Waals surface area contributed by atoms with Gasteiger partial charge in [0.05, 0.1) is 13.2 Å². The van der Waals surface area contributed by atoms with E-state index in [2.05, 4.69) is 0 Å². The quantitative estimate of drug-likeness (QED) is 0.577. The zero-order valence-corrected chi connectivity index (χ0v) is 6.82. The van der Waals surface area contributed by atoms with Crippen molar-refractivity contribution in [2.24, 2.45) is 11.1 Å². The molecular formula is C7H14ClNO. The lowest BCUT2D eigenvalue weighted by molar-refractivity contribution is 0.0863. The molecule has 0 aromatic rings. The molecule has 60 valence electrons. The molecule has 0 aromatic carbocycles. The number of hydrogen-bond acceptors (Lipinski definition) is 2. The predicted molar refractivity (Wildman–Crippen MR) is 42.3 cm³/mol. The summed E-state index contributed by atoms with van der Waals surface area (Å²) in [6.07, 6.45) is 3.96. The van der Waals surface area contributed by atoms with Crippen LogP contribution in [0.25, 0.3) is 0 Å². The summed E-state index contributed by atoms with van der Waals surface area (Å²) in [6.45, 7) is 1.72. The van der Waals surface area contributed by atoms with Gasteiger partial charge in [-0.1, -0.05) is 6.42 Å². The summed E-state index contributed by atoms with van der Waals surface area (Å²) in [7, 11) is 0. The van der Waals surface area contributed by atoms with E-state index >= 15 is 0 Å². The van der Waals surface area contributed by atoms with Crippen molar-refractivity contribution in [1.82, 2.24) is 0 Å². The Morgan fingerprint density at radius 3 is 2.30 bits per heavy atom. The first-order chi connectivity index (χ1) is 4.33. The van der Waals surface area contributed by atoms with Crippen LogP contribution in [0, 0.1) is 5.41 Å². The maximum Gasteiger partial charge on any atom is 0.0624 e. The number of nitrogens with two attached hydrogens (primary N) is 1. The van der Waals surface area contributed by atoms with Gasteiger partial charge >= 0.3 is 0 Å². The van der Waals surface area contributed by atoms with E-state index in [1.54, 1.807) is 0 Å². The molecule has 2 N–H and O–H groups in total. The van der Waals surface area contributed by atoms with Gasteiger partial charge < -0.3 is 10.5 Å². The highest BCUT2D eigenvalue weighted by atomic mass is 35.5. The second-order valence-electron chi connectivity index (χ2n) is 3.34. The standard InChI is InChI=1S/C7H13NO.ClH/c8-6-4-9-5-7(6)2-1-3-7;/h6H,1-5,8H2;1H. The molecule has 0 radical (unpaired) electrons. The lowest BCUT2D eigenvalue weighted by atomic mass is 9.66. The van der Waals surface area contributed by atoms with Crippen molar-refractivity contribution in [3.8, 4) is 0 Å². The van der Waals surface area contributed by atoms with Crippen molar-refractivity contribution in [3.05, 3.63) is 0 Å². The van der Waals surface area contributed by atoms with Gasteiger partial charge in [0.2, 0.25) is 0 Å². The van der Waals surface area contributed by atoms with Crippen LogP contribution in [0.2, 0.25) is 0 Å². The number of halogens is 1. The molecule has 1 aliphatic carbocycles. The minimum absolute atomic E-state index is 0. The van der Waals surface area contributed by atoms with Crippen molar-refractivity contribution < 1.29 is 4.74 Å². The van der Waals surface area contributed by atoms with E-state index in [1.165, 1.54) is 19.3 Å². The zero-order valence-electron chi connectivity index (χ0n) is 6.01. The fraction of sp³-hybridized carbons (Fsp3) is 1.00. The van der Waals surface area contributed by atoms with Gasteiger partial charge in [-0.3, -0.25) is 0 Å². The fourth-order valence-corrected chi connectivity index (χ4v) is 1.82. The molecule has 1 heterocycles. The number of rotatable bonds is 0. The van der Waals surface area contributed by atoms with Crippen molar-refractivity contribution in [1.29, 1.82) is 0 Å². The van der Waals surface area contributed by atoms with E-state index in [4.69, 9.17) is 10.5 Å². The van der Waals surface area contributed by atoms with Crippen LogP contribution >= 0.6 is 12.4 Å². The fourth-order valence-electron chi connectivity index (χ4n) is 1.82. The summed E-state index contributed by atoms with van der Waals surface area (Å²) in [6, 6.07) is 0.339. The van der Waals surface area contributed by atoms with Gasteiger partial charge in [-0.2, -0.15) is 0 Å². The summed E-state index contributed by atoms with van der Waals surface area (Å²) >= 11 is 0. The van der Waals surface area contributed by atoms with Crippen LogP contribution in [0.4, 0.5) is 0 Å². The van der Waals surface area contributed by atoms with E-state index < -0.39 is 0 Å². The maximum absolute atomic E-state index is 5.85. The van der Waals surface area contributed by atoms with E-state index in [0.717, 1.165) is 13.2 Å². The second kappa shape index (κ2) is 2.68. The molecular weight excluding hydrogens is 150 g/mol. The molecule has 3 heteroatoms. The Bertz CT molecular complexity index is 125. The maximum atomic E-state index is 5.85. The summed E-state index contributed by atoms with van der Waals surface area (Å²) in [4.78, 5) is 0. The number of ether oxygens (including phenoxy) is 1. The van der Waals surface area contributed by atoms with E-state index in [-0.39, 0.29) is 12.4 Å². The Balaban J connectivity index is 0.000000500. The molecule has 2 aliphatic rings. The second-order valence-corrected chi connectivity index (χ2v) is 3.34. The minimum Gasteiger partial charge on any atom is -0.379 e. The number of hydrogen-bond donors (Lipinski definition) is 1. The van der Waals surface area contributed by atoms with Gasteiger partial charge in [0.25, 0.3) is 0 Å². The Labute approximate surface area is 67.5 Å². The monoisotopic (exact) mass is 163 g/mol. The highest BCUT2D eigenvalue weighted by molar-refractivity contribution is 5.85. The molecule has 2 nitrogen and oxygen atoms in total. The minimum atomic E-state index is 0. The van der Waals surface area contributed by atoms with Crippen molar-refractivity contribution in [3.63, 3.8) is 0 Å². The van der Waals surface area contributed by atoms with Gasteiger partial charge in [-0.25, -0.2) is 0 Å². The molecule has 1 atom stereocenters. The van der Waals surface area contributed by atoms with Crippen LogP contribution in [0.15, 0.2) is 0 Å². The smallest absolute Gasteiger partial charge is 0.0624 e. The highest BCUT2D eigenvalue weighted by Gasteiger charge is 2.46. The summed E-state index contributed by atoms with van der Waals surface area (Å²) in [5, 5.41) is 0. The van der Waals surface area contributed by atoms with Crippen molar-refractivity contribution in [2.75, 3.05) is 13.2 Å². The molecule has 1 saturated heterocycles. The average molecular weight is 164 g/mol. The predicted octanol–water partition coefficient (Wildman–Crippen LogP) is 0.936. The van der Waals surface area contributed by atoms with Gasteiger partial charge in [0.1, 0.15) is 0 Å². The van der Waals surface area contributed by atoms with Gasteiger partial charge in [0, 0.05) is 11.5 Å². The topological polar surface area (TPSA) is 35.2 Å². The Kier molecular flexibility index (Phi) is 2.23. The molecule has 0 amide bonds. The van der Waals surface area contributed by atoms with Crippen LogP contribution in [0.1, 0.15) is 19.3 Å². The largest absolute Gasteiger partial charge is 0.379 e. The Morgan fingerprint density at radius 2 is 2.10 bits per heavy atom. The van der Waals surface area contributed by atoms with Gasteiger partial charge in [0.15, 0.2) is 0 Å². The molecule has 2 rings (SSSR count). The first-order valence-corrected chi connectivity index (χ1v) is 3.67. The molecule has 2 fully saturated rings. The SMILES string of the molecule is Cl.NC1COCC12CCC2. The van der Waals surface area contributed by atoms with Gasteiger partial charge in [-0.05, 0) is 12.8 Å². The Hall–Kier alpha value is 0.210. The third-order valence-electron chi connectivity index (χ3n) is 2.82. The van der Waals surface area contributed by atoms with Crippen LogP contribution in [0.3, 0.4) is 0 Å². The highest BCUT2D eigenvalue weighted by Crippen LogP contribution is 2.46. The van der Waals surface area contributed by atoms with Crippen LogP contribution in [-0.2, 0) is 4.74 Å². The first kappa shape index (κ1) is 8.31. The van der Waals surface area contributed by atoms with E-state index in [0.29, 0.717) is 11.5 Å². The van der Waals surface area contributed by atoms with E-state index in [1.807, 2.05) is 0 Å². The summed E-state index contributed by atoms with van der Waals surface area (Å²) in [5.74, 6) is 0.